The normalized spacial score (nSPS) is 19.3. The third-order valence-electron chi connectivity index (χ3n) is 2.54. The van der Waals surface area contributed by atoms with Crippen LogP contribution in [0.4, 0.5) is 0 Å². The Labute approximate surface area is 92.0 Å². The molecule has 1 unspecified atom stereocenters. The van der Waals surface area contributed by atoms with Gasteiger partial charge in [-0.15, -0.1) is 0 Å². The number of rotatable bonds is 6. The molecule has 1 amide bonds. The van der Waals surface area contributed by atoms with Crippen LogP contribution in [0.25, 0.3) is 0 Å². The number of nitrogens with one attached hydrogen (secondary N) is 1. The topological polar surface area (TPSA) is 41.6 Å². The zero-order chi connectivity index (χ0) is 11.1. The second kappa shape index (κ2) is 6.80. The van der Waals surface area contributed by atoms with Crippen LogP contribution >= 0.6 is 0 Å². The van der Waals surface area contributed by atoms with E-state index in [1.54, 1.807) is 0 Å². The van der Waals surface area contributed by atoms with E-state index in [2.05, 4.69) is 19.2 Å². The summed E-state index contributed by atoms with van der Waals surface area (Å²) < 4.78 is 5.09. The standard InChI is InChI=1S/C11H22N2O2/c1-3-4-12-7-10(2)8-13-5-6-15-9-11(13)14/h10,12H,3-9H2,1-2H3. The number of amides is 1. The monoisotopic (exact) mass is 214 g/mol. The maximum absolute atomic E-state index is 11.4. The van der Waals surface area contributed by atoms with Crippen LogP contribution in [0.15, 0.2) is 0 Å². The molecule has 0 bridgehead atoms. The van der Waals surface area contributed by atoms with Gasteiger partial charge < -0.3 is 15.0 Å². The molecule has 1 aliphatic rings. The zero-order valence-electron chi connectivity index (χ0n) is 9.79. The van der Waals surface area contributed by atoms with E-state index in [-0.39, 0.29) is 12.5 Å². The van der Waals surface area contributed by atoms with Gasteiger partial charge in [0.15, 0.2) is 0 Å². The van der Waals surface area contributed by atoms with Crippen molar-refractivity contribution in [1.82, 2.24) is 10.2 Å². The molecule has 88 valence electrons. The molecule has 4 heteroatoms. The Hall–Kier alpha value is -0.610. The second-order valence-corrected chi connectivity index (χ2v) is 4.20. The molecule has 0 aromatic heterocycles. The van der Waals surface area contributed by atoms with E-state index in [0.717, 1.165) is 32.6 Å². The van der Waals surface area contributed by atoms with Gasteiger partial charge in [0.05, 0.1) is 6.61 Å². The van der Waals surface area contributed by atoms with Gasteiger partial charge in [-0.3, -0.25) is 4.79 Å². The van der Waals surface area contributed by atoms with Crippen LogP contribution in [0, 0.1) is 5.92 Å². The van der Waals surface area contributed by atoms with Crippen LogP contribution in [0.2, 0.25) is 0 Å². The minimum absolute atomic E-state index is 0.128. The average molecular weight is 214 g/mol. The number of carbonyl (C=O) groups excluding carboxylic acids is 1. The van der Waals surface area contributed by atoms with Crippen molar-refractivity contribution in [3.8, 4) is 0 Å². The van der Waals surface area contributed by atoms with Crippen molar-refractivity contribution >= 4 is 5.91 Å². The Bertz CT molecular complexity index is 197. The Balaban J connectivity index is 2.17. The van der Waals surface area contributed by atoms with Crippen molar-refractivity contribution in [1.29, 1.82) is 0 Å². The lowest BCUT2D eigenvalue weighted by atomic mass is 10.1. The van der Waals surface area contributed by atoms with Gasteiger partial charge >= 0.3 is 0 Å². The molecule has 1 N–H and O–H groups in total. The van der Waals surface area contributed by atoms with Crippen molar-refractivity contribution in [3.63, 3.8) is 0 Å². The van der Waals surface area contributed by atoms with Gasteiger partial charge in [-0.05, 0) is 25.4 Å². The predicted molar refractivity (Wildman–Crippen MR) is 59.7 cm³/mol. The molecule has 0 radical (unpaired) electrons. The smallest absolute Gasteiger partial charge is 0.248 e. The van der Waals surface area contributed by atoms with Gasteiger partial charge in [0.2, 0.25) is 5.91 Å². The summed E-state index contributed by atoms with van der Waals surface area (Å²) in [6.45, 7) is 8.90. The summed E-state index contributed by atoms with van der Waals surface area (Å²) in [5.74, 6) is 0.641. The van der Waals surface area contributed by atoms with Crippen LogP contribution in [0.5, 0.6) is 0 Å². The highest BCUT2D eigenvalue weighted by Gasteiger charge is 2.19. The summed E-state index contributed by atoms with van der Waals surface area (Å²) in [7, 11) is 0. The second-order valence-electron chi connectivity index (χ2n) is 4.20. The van der Waals surface area contributed by atoms with E-state index in [1.807, 2.05) is 4.90 Å². The van der Waals surface area contributed by atoms with Crippen molar-refractivity contribution in [2.75, 3.05) is 39.4 Å². The first-order valence-electron chi connectivity index (χ1n) is 5.80. The molecule has 0 aliphatic carbocycles. The highest BCUT2D eigenvalue weighted by molar-refractivity contribution is 5.77. The Morgan fingerprint density at radius 1 is 1.60 bits per heavy atom. The predicted octanol–water partition coefficient (Wildman–Crippen LogP) is 0.481. The molecule has 15 heavy (non-hydrogen) atoms. The third-order valence-corrected chi connectivity index (χ3v) is 2.54. The summed E-state index contributed by atoms with van der Waals surface area (Å²) >= 11 is 0. The Morgan fingerprint density at radius 3 is 3.07 bits per heavy atom. The molecule has 1 fully saturated rings. The summed E-state index contributed by atoms with van der Waals surface area (Å²) in [6.07, 6.45) is 1.16. The van der Waals surface area contributed by atoms with Gasteiger partial charge in [-0.25, -0.2) is 0 Å². The van der Waals surface area contributed by atoms with E-state index in [1.165, 1.54) is 0 Å². The lowest BCUT2D eigenvalue weighted by molar-refractivity contribution is -0.143. The number of hydrogen-bond donors (Lipinski definition) is 1. The van der Waals surface area contributed by atoms with Crippen molar-refractivity contribution < 1.29 is 9.53 Å². The molecular weight excluding hydrogens is 192 g/mol. The highest BCUT2D eigenvalue weighted by atomic mass is 16.5. The van der Waals surface area contributed by atoms with Crippen molar-refractivity contribution in [3.05, 3.63) is 0 Å². The SMILES string of the molecule is CCCNCC(C)CN1CCOCC1=O. The summed E-state index contributed by atoms with van der Waals surface area (Å²) in [5.41, 5.74) is 0. The lowest BCUT2D eigenvalue weighted by Crippen LogP contribution is -2.44. The summed E-state index contributed by atoms with van der Waals surface area (Å²) in [5, 5.41) is 3.37. The average Bonchev–Trinajstić information content (AvgIpc) is 2.22. The fourth-order valence-electron chi connectivity index (χ4n) is 1.71. The highest BCUT2D eigenvalue weighted by Crippen LogP contribution is 2.03. The number of carbonyl (C=O) groups is 1. The molecule has 1 rings (SSSR count). The Kier molecular flexibility index (Phi) is 5.65. The van der Waals surface area contributed by atoms with Crippen molar-refractivity contribution in [2.24, 2.45) is 5.92 Å². The first-order chi connectivity index (χ1) is 7.24. The minimum Gasteiger partial charge on any atom is -0.370 e. The van der Waals surface area contributed by atoms with Crippen LogP contribution in [-0.2, 0) is 9.53 Å². The van der Waals surface area contributed by atoms with Crippen LogP contribution in [-0.4, -0.2) is 50.2 Å². The molecule has 0 saturated carbocycles. The van der Waals surface area contributed by atoms with Gasteiger partial charge in [-0.2, -0.15) is 0 Å². The Morgan fingerprint density at radius 2 is 2.40 bits per heavy atom. The molecule has 1 heterocycles. The number of ether oxygens (including phenoxy) is 1. The van der Waals surface area contributed by atoms with Crippen LogP contribution < -0.4 is 5.32 Å². The fraction of sp³-hybridized carbons (Fsp3) is 0.909. The maximum atomic E-state index is 11.4. The fourth-order valence-corrected chi connectivity index (χ4v) is 1.71. The summed E-state index contributed by atoms with van der Waals surface area (Å²) in [4.78, 5) is 13.3. The van der Waals surface area contributed by atoms with Crippen LogP contribution in [0.1, 0.15) is 20.3 Å². The third kappa shape index (κ3) is 4.62. The van der Waals surface area contributed by atoms with E-state index in [4.69, 9.17) is 4.74 Å². The van der Waals surface area contributed by atoms with E-state index >= 15 is 0 Å². The number of morpholine rings is 1. The van der Waals surface area contributed by atoms with Crippen molar-refractivity contribution in [2.45, 2.75) is 20.3 Å². The van der Waals surface area contributed by atoms with E-state index in [9.17, 15) is 4.79 Å². The lowest BCUT2D eigenvalue weighted by Gasteiger charge is -2.29. The zero-order valence-corrected chi connectivity index (χ0v) is 9.79. The number of nitrogens with zero attached hydrogens (tertiary/aromatic N) is 1. The molecule has 1 aliphatic heterocycles. The van der Waals surface area contributed by atoms with Gasteiger partial charge in [-0.1, -0.05) is 13.8 Å². The molecule has 1 atom stereocenters. The van der Waals surface area contributed by atoms with Crippen LogP contribution in [0.3, 0.4) is 0 Å². The first kappa shape index (κ1) is 12.5. The minimum atomic E-state index is 0.128. The van der Waals surface area contributed by atoms with E-state index in [0.29, 0.717) is 12.5 Å². The quantitative estimate of drug-likeness (QED) is 0.654. The largest absolute Gasteiger partial charge is 0.370 e. The molecule has 0 aromatic carbocycles. The molecular formula is C11H22N2O2. The van der Waals surface area contributed by atoms with E-state index < -0.39 is 0 Å². The molecule has 4 nitrogen and oxygen atoms in total. The first-order valence-corrected chi connectivity index (χ1v) is 5.80. The number of hydrogen-bond acceptors (Lipinski definition) is 3. The maximum Gasteiger partial charge on any atom is 0.248 e. The molecule has 1 saturated heterocycles. The molecule has 0 aromatic rings. The van der Waals surface area contributed by atoms with Gasteiger partial charge in [0.25, 0.3) is 0 Å². The molecule has 0 spiro atoms. The summed E-state index contributed by atoms with van der Waals surface area (Å²) in [6, 6.07) is 0. The van der Waals surface area contributed by atoms with Gasteiger partial charge in [0, 0.05) is 13.1 Å². The van der Waals surface area contributed by atoms with Gasteiger partial charge in [0.1, 0.15) is 6.61 Å².